The van der Waals surface area contributed by atoms with Crippen LogP contribution >= 0.6 is 0 Å². The maximum absolute atomic E-state index is 12.5. The Bertz CT molecular complexity index is 1320. The van der Waals surface area contributed by atoms with Gasteiger partial charge in [0.25, 0.3) is 11.6 Å². The molecule has 9 nitrogen and oxygen atoms in total. The summed E-state index contributed by atoms with van der Waals surface area (Å²) in [6.45, 7) is -0.542. The van der Waals surface area contributed by atoms with E-state index in [0.29, 0.717) is 11.5 Å². The Kier molecular flexibility index (Phi) is 6.73. The zero-order valence-electron chi connectivity index (χ0n) is 18.0. The molecule has 0 fully saturated rings. The average molecular weight is 456 g/mol. The smallest absolute Gasteiger partial charge is 0.311 e. The maximum Gasteiger partial charge on any atom is 0.311 e. The molecule has 1 aromatic heterocycles. The Morgan fingerprint density at radius 1 is 0.941 bits per heavy atom. The van der Waals surface area contributed by atoms with Crippen molar-refractivity contribution in [3.05, 3.63) is 107 Å². The van der Waals surface area contributed by atoms with Crippen molar-refractivity contribution in [2.45, 2.75) is 6.42 Å². The number of nitrogens with zero attached hydrogens (tertiary/aromatic N) is 3. The minimum Gasteiger partial charge on any atom is -0.455 e. The first-order chi connectivity index (χ1) is 16.5. The molecule has 0 saturated carbocycles. The van der Waals surface area contributed by atoms with E-state index in [9.17, 15) is 19.7 Å². The molecule has 4 rings (SSSR count). The van der Waals surface area contributed by atoms with Crippen LogP contribution in [0.15, 0.2) is 91.0 Å². The van der Waals surface area contributed by atoms with Crippen LogP contribution < -0.4 is 5.32 Å². The molecule has 0 bridgehead atoms. The zero-order valence-corrected chi connectivity index (χ0v) is 18.0. The Hall–Kier alpha value is -4.79. The first-order valence-electron chi connectivity index (χ1n) is 10.4. The summed E-state index contributed by atoms with van der Waals surface area (Å²) < 4.78 is 6.64. The first kappa shape index (κ1) is 22.4. The van der Waals surface area contributed by atoms with Gasteiger partial charge in [-0.1, -0.05) is 66.7 Å². The Balaban J connectivity index is 1.46. The molecule has 170 valence electrons. The molecule has 0 aliphatic carbocycles. The van der Waals surface area contributed by atoms with Crippen molar-refractivity contribution in [3.63, 3.8) is 0 Å². The maximum atomic E-state index is 12.5. The molecule has 0 saturated heterocycles. The number of rotatable bonds is 8. The van der Waals surface area contributed by atoms with Gasteiger partial charge < -0.3 is 10.1 Å². The van der Waals surface area contributed by atoms with Crippen LogP contribution in [0.25, 0.3) is 16.9 Å². The third kappa shape index (κ3) is 5.33. The van der Waals surface area contributed by atoms with E-state index in [1.807, 2.05) is 60.7 Å². The second kappa shape index (κ2) is 10.2. The lowest BCUT2D eigenvalue weighted by Gasteiger charge is -2.09. The van der Waals surface area contributed by atoms with Crippen LogP contribution in [0, 0.1) is 10.1 Å². The lowest BCUT2D eigenvalue weighted by Crippen LogP contribution is -2.23. The predicted molar refractivity (Wildman–Crippen MR) is 125 cm³/mol. The lowest BCUT2D eigenvalue weighted by molar-refractivity contribution is -0.385. The topological polar surface area (TPSA) is 116 Å². The number of benzene rings is 3. The molecule has 3 aromatic carbocycles. The van der Waals surface area contributed by atoms with Gasteiger partial charge in [-0.15, -0.1) is 0 Å². The number of carbonyl (C=O) groups excluding carboxylic acids is 2. The summed E-state index contributed by atoms with van der Waals surface area (Å²) >= 11 is 0. The molecule has 1 N–H and O–H groups in total. The number of amides is 1. The average Bonchev–Trinajstić information content (AvgIpc) is 3.28. The molecule has 4 aromatic rings. The molecular formula is C25H20N4O5. The van der Waals surface area contributed by atoms with Crippen LogP contribution in [0.5, 0.6) is 0 Å². The summed E-state index contributed by atoms with van der Waals surface area (Å²) in [5, 5.41) is 18.4. The summed E-state index contributed by atoms with van der Waals surface area (Å²) in [5.74, 6) is -0.900. The molecule has 1 heterocycles. The van der Waals surface area contributed by atoms with E-state index in [2.05, 4.69) is 10.4 Å². The van der Waals surface area contributed by atoms with Gasteiger partial charge in [-0.25, -0.2) is 4.68 Å². The second-order valence-electron chi connectivity index (χ2n) is 7.30. The number of esters is 1. The van der Waals surface area contributed by atoms with Gasteiger partial charge in [0.2, 0.25) is 0 Å². The molecule has 0 atom stereocenters. The minimum atomic E-state index is -0.744. The van der Waals surface area contributed by atoms with Crippen LogP contribution in [0.1, 0.15) is 5.56 Å². The molecule has 0 aliphatic rings. The fraction of sp³-hybridized carbons (Fsp3) is 0.0800. The van der Waals surface area contributed by atoms with Crippen molar-refractivity contribution in [2.24, 2.45) is 0 Å². The quantitative estimate of drug-likeness (QED) is 0.242. The number of aromatic nitrogens is 2. The normalized spacial score (nSPS) is 10.5. The van der Waals surface area contributed by atoms with Gasteiger partial charge in [0.15, 0.2) is 6.61 Å². The second-order valence-corrected chi connectivity index (χ2v) is 7.30. The first-order valence-corrected chi connectivity index (χ1v) is 10.4. The minimum absolute atomic E-state index is 0.177. The van der Waals surface area contributed by atoms with Crippen molar-refractivity contribution in [1.29, 1.82) is 0 Å². The summed E-state index contributed by atoms with van der Waals surface area (Å²) in [6, 6.07) is 26.4. The number of anilines is 1. The molecule has 1 amide bonds. The molecule has 0 unspecified atom stereocenters. The number of carbonyl (C=O) groups is 2. The van der Waals surface area contributed by atoms with Gasteiger partial charge in [0.1, 0.15) is 5.82 Å². The van der Waals surface area contributed by atoms with Gasteiger partial charge in [-0.2, -0.15) is 5.10 Å². The number of nitrogens with one attached hydrogen (secondary N) is 1. The Morgan fingerprint density at radius 2 is 1.59 bits per heavy atom. The SMILES string of the molecule is O=C(COC(=O)Cc1ccccc1[N+](=O)[O-])Nc1cc(-c2ccccc2)nn1-c1ccccc1. The van der Waals surface area contributed by atoms with Gasteiger partial charge in [0.05, 0.1) is 22.7 Å². The van der Waals surface area contributed by atoms with E-state index in [0.717, 1.165) is 11.3 Å². The van der Waals surface area contributed by atoms with Gasteiger partial charge in [-0.05, 0) is 12.1 Å². The standard InChI is InChI=1S/C25H20N4O5/c30-24(17-34-25(31)15-19-11-7-8-14-22(19)29(32)33)26-23-16-21(18-9-3-1-4-10-18)27-28(23)20-12-5-2-6-13-20/h1-14,16H,15,17H2,(H,26,30). The number of hydrogen-bond acceptors (Lipinski definition) is 6. The lowest BCUT2D eigenvalue weighted by atomic mass is 10.1. The number of nitro benzene ring substituents is 1. The highest BCUT2D eigenvalue weighted by molar-refractivity contribution is 5.93. The fourth-order valence-electron chi connectivity index (χ4n) is 3.36. The summed E-state index contributed by atoms with van der Waals surface area (Å²) in [5.41, 5.74) is 2.32. The largest absolute Gasteiger partial charge is 0.455 e. The van der Waals surface area contributed by atoms with E-state index in [1.54, 1.807) is 16.8 Å². The van der Waals surface area contributed by atoms with E-state index in [1.165, 1.54) is 18.2 Å². The monoisotopic (exact) mass is 456 g/mol. The highest BCUT2D eigenvalue weighted by Crippen LogP contribution is 2.24. The Morgan fingerprint density at radius 3 is 2.29 bits per heavy atom. The number of hydrogen-bond donors (Lipinski definition) is 1. The van der Waals surface area contributed by atoms with Gasteiger partial charge in [0, 0.05) is 23.3 Å². The van der Waals surface area contributed by atoms with Crippen molar-refractivity contribution in [3.8, 4) is 16.9 Å². The summed E-state index contributed by atoms with van der Waals surface area (Å²) in [4.78, 5) is 35.3. The molecule has 0 spiro atoms. The van der Waals surface area contributed by atoms with Gasteiger partial charge in [-0.3, -0.25) is 19.7 Å². The molecule has 0 aliphatic heterocycles. The van der Waals surface area contributed by atoms with Gasteiger partial charge >= 0.3 is 5.97 Å². The number of para-hydroxylation sites is 2. The van der Waals surface area contributed by atoms with Crippen LogP contribution in [0.4, 0.5) is 11.5 Å². The molecule has 0 radical (unpaired) electrons. The predicted octanol–water partition coefficient (Wildman–Crippen LogP) is 4.17. The van der Waals surface area contributed by atoms with E-state index >= 15 is 0 Å². The van der Waals surface area contributed by atoms with Crippen molar-refractivity contribution in [1.82, 2.24) is 9.78 Å². The third-order valence-electron chi connectivity index (χ3n) is 4.93. The molecular weight excluding hydrogens is 436 g/mol. The molecule has 34 heavy (non-hydrogen) atoms. The van der Waals surface area contributed by atoms with E-state index in [4.69, 9.17) is 4.74 Å². The highest BCUT2D eigenvalue weighted by atomic mass is 16.6. The fourth-order valence-corrected chi connectivity index (χ4v) is 3.36. The van der Waals surface area contributed by atoms with Crippen LogP contribution in [-0.4, -0.2) is 33.2 Å². The third-order valence-corrected chi connectivity index (χ3v) is 4.93. The van der Waals surface area contributed by atoms with Crippen molar-refractivity contribution in [2.75, 3.05) is 11.9 Å². The highest BCUT2D eigenvalue weighted by Gasteiger charge is 2.18. The van der Waals surface area contributed by atoms with Crippen LogP contribution in [0.3, 0.4) is 0 Å². The van der Waals surface area contributed by atoms with Crippen molar-refractivity contribution < 1.29 is 19.2 Å². The summed E-state index contributed by atoms with van der Waals surface area (Å²) in [7, 11) is 0. The Labute approximate surface area is 194 Å². The molecule has 9 heteroatoms. The summed E-state index contributed by atoms with van der Waals surface area (Å²) in [6.07, 6.45) is -0.315. The van der Waals surface area contributed by atoms with Crippen LogP contribution in [0.2, 0.25) is 0 Å². The van der Waals surface area contributed by atoms with Crippen LogP contribution in [-0.2, 0) is 20.7 Å². The number of ether oxygens (including phenoxy) is 1. The van der Waals surface area contributed by atoms with E-state index < -0.39 is 23.4 Å². The van der Waals surface area contributed by atoms with Crippen molar-refractivity contribution >= 4 is 23.4 Å². The zero-order chi connectivity index (χ0) is 23.9. The van der Waals surface area contributed by atoms with E-state index in [-0.39, 0.29) is 17.7 Å². The number of nitro groups is 1.